The summed E-state index contributed by atoms with van der Waals surface area (Å²) in [6.45, 7) is 0. The summed E-state index contributed by atoms with van der Waals surface area (Å²) in [5, 5.41) is 13.9. The monoisotopic (exact) mass is 627 g/mol. The van der Waals surface area contributed by atoms with Crippen molar-refractivity contribution in [2.45, 2.75) is 0 Å². The van der Waals surface area contributed by atoms with Crippen molar-refractivity contribution in [3.63, 3.8) is 0 Å². The molecule has 0 unspecified atom stereocenters. The zero-order valence-corrected chi connectivity index (χ0v) is 8.86. The third-order valence-corrected chi connectivity index (χ3v) is 0. The van der Waals surface area contributed by atoms with E-state index in [1.807, 2.05) is 0 Å². The predicted octanol–water partition coefficient (Wildman–Crippen LogP) is -3.83. The van der Waals surface area contributed by atoms with Crippen LogP contribution in [0.3, 0.4) is 0 Å². The molecule has 0 aromatic rings. The molecule has 0 fully saturated rings. The van der Waals surface area contributed by atoms with Gasteiger partial charge in [0.2, 0.25) is 0 Å². The van der Waals surface area contributed by atoms with Crippen LogP contribution in [0.2, 0.25) is 0 Å². The molecule has 0 bridgehead atoms. The molecule has 0 atom stereocenters. The van der Waals surface area contributed by atoms with E-state index >= 15 is 0 Å². The SMILES string of the molecule is O=C(O)O.[BaH2].[CaH2].[Ce].[KH].[NaH].[SrH2].[Y]. The number of rotatable bonds is 0. The summed E-state index contributed by atoms with van der Waals surface area (Å²) in [5.41, 5.74) is 0. The standard InChI is InChI=1S/CH2O3.Ba.Ca.Ce.K.Na.Sr.Y.8H/c2-1(3)4;;;;;;;;;;;;;;;/h(H2,2,3,4);;;;;;;;;;;;;;;. The van der Waals surface area contributed by atoms with Gasteiger partial charge in [-0.3, -0.25) is 0 Å². The van der Waals surface area contributed by atoms with E-state index in [9.17, 15) is 0 Å². The predicted molar refractivity (Wildman–Crippen MR) is 50.6 cm³/mol. The van der Waals surface area contributed by atoms with Crippen LogP contribution in [0.25, 0.3) is 0 Å². The molecular weight excluding hydrogens is 616 g/mol. The summed E-state index contributed by atoms with van der Waals surface area (Å²) >= 11 is 0. The minimum absolute atomic E-state index is 0. The molecule has 47 valence electrons. The van der Waals surface area contributed by atoms with Crippen LogP contribution in [-0.4, -0.2) is 229 Å². The molecule has 0 aliphatic carbocycles. The molecule has 0 saturated heterocycles. The quantitative estimate of drug-likeness (QED) is 0.272. The molecule has 0 aromatic carbocycles. The summed E-state index contributed by atoms with van der Waals surface area (Å²) in [7, 11) is 0. The van der Waals surface area contributed by atoms with Crippen LogP contribution in [0, 0.1) is 41.7 Å². The van der Waals surface area contributed by atoms with E-state index < -0.39 is 6.16 Å². The Balaban J connectivity index is -0.00000000214. The second-order valence-electron chi connectivity index (χ2n) is 0.283. The van der Waals surface area contributed by atoms with Gasteiger partial charge >= 0.3 is 219 Å². The van der Waals surface area contributed by atoms with Gasteiger partial charge in [-0.25, -0.2) is 4.79 Å². The molecule has 1 radical (unpaired) electrons. The van der Waals surface area contributed by atoms with E-state index in [1.165, 1.54) is 0 Å². The van der Waals surface area contributed by atoms with Crippen LogP contribution in [0.4, 0.5) is 4.79 Å². The Labute approximate surface area is 297 Å². The van der Waals surface area contributed by atoms with Crippen molar-refractivity contribution in [2.24, 2.45) is 0 Å². The Morgan fingerprint density at radius 2 is 1.18 bits per heavy atom. The molecule has 2 N–H and O–H groups in total. The van der Waals surface area contributed by atoms with E-state index in [1.54, 1.807) is 0 Å². The van der Waals surface area contributed by atoms with Crippen molar-refractivity contribution in [1.29, 1.82) is 0 Å². The third kappa shape index (κ3) is 68.9. The van der Waals surface area contributed by atoms with Gasteiger partial charge < -0.3 is 10.2 Å². The average molecular weight is 626 g/mol. The summed E-state index contributed by atoms with van der Waals surface area (Å²) in [4.78, 5) is 8.56. The fourth-order valence-corrected chi connectivity index (χ4v) is 0. The maximum atomic E-state index is 8.56. The summed E-state index contributed by atoms with van der Waals surface area (Å²) in [6, 6.07) is 0. The summed E-state index contributed by atoms with van der Waals surface area (Å²) in [5.74, 6) is 0. The maximum Gasteiger partial charge on any atom is 0 e. The molecule has 0 aromatic heterocycles. The van der Waals surface area contributed by atoms with Crippen molar-refractivity contribution in [2.75, 3.05) is 0 Å². The van der Waals surface area contributed by atoms with Crippen LogP contribution in [-0.2, 0) is 32.7 Å². The van der Waals surface area contributed by atoms with Gasteiger partial charge in [0, 0.05) is 74.5 Å². The molecule has 0 aliphatic heterocycles. The van der Waals surface area contributed by atoms with Crippen LogP contribution < -0.4 is 0 Å². The van der Waals surface area contributed by atoms with Crippen LogP contribution >= 0.6 is 0 Å². The van der Waals surface area contributed by atoms with Gasteiger partial charge in [-0.2, -0.15) is 0 Å². The Morgan fingerprint density at radius 3 is 1.18 bits per heavy atom. The molecule has 3 nitrogen and oxygen atoms in total. The van der Waals surface area contributed by atoms with Gasteiger partial charge in [0.05, 0.1) is 0 Å². The molecule has 0 heterocycles. The molecule has 0 rings (SSSR count). The Bertz CT molecular complexity index is 56.3. The summed E-state index contributed by atoms with van der Waals surface area (Å²) in [6.07, 6.45) is -1.83. The van der Waals surface area contributed by atoms with Gasteiger partial charge in [0.15, 0.2) is 0 Å². The molecular formula is CH10BaCaCeKNaO3SrY. The Kier molecular flexibility index (Phi) is 196. The van der Waals surface area contributed by atoms with Gasteiger partial charge in [-0.15, -0.1) is 0 Å². The topological polar surface area (TPSA) is 57.5 Å². The molecule has 0 aliphatic rings. The fourth-order valence-electron chi connectivity index (χ4n) is 0. The normalized spacial score (nSPS) is 2.18. The zero-order valence-electron chi connectivity index (χ0n) is 2.88. The number of carbonyl (C=O) groups is 1. The first-order valence-corrected chi connectivity index (χ1v) is 0.651. The van der Waals surface area contributed by atoms with E-state index in [2.05, 4.69) is 0 Å². The van der Waals surface area contributed by atoms with Crippen molar-refractivity contribution in [3.05, 3.63) is 0 Å². The number of carboxylic acid groups (broad SMARTS) is 2. The molecule has 11 heavy (non-hydrogen) atoms. The molecule has 0 saturated carbocycles. The van der Waals surface area contributed by atoms with Crippen molar-refractivity contribution >= 4 is 219 Å². The number of hydrogen-bond acceptors (Lipinski definition) is 1. The van der Waals surface area contributed by atoms with Crippen LogP contribution in [0.1, 0.15) is 0 Å². The first-order valence-electron chi connectivity index (χ1n) is 0.651. The number of hydrogen-bond donors (Lipinski definition) is 2. The smallest absolute Gasteiger partial charge is 0 e. The van der Waals surface area contributed by atoms with Gasteiger partial charge in [-0.05, 0) is 0 Å². The van der Waals surface area contributed by atoms with Crippen molar-refractivity contribution in [1.82, 2.24) is 0 Å². The third-order valence-electron chi connectivity index (χ3n) is 0. The molecule has 10 heteroatoms. The minimum Gasteiger partial charge on any atom is 0 e. The maximum absolute atomic E-state index is 8.56. The van der Waals surface area contributed by atoms with Gasteiger partial charge in [0.1, 0.15) is 0 Å². The fraction of sp³-hybridized carbons (Fsp3) is 0. The average Bonchev–Trinajstić information content (AvgIpc) is 0.811. The second-order valence-corrected chi connectivity index (χ2v) is 0.283. The second kappa shape index (κ2) is 42.8. The van der Waals surface area contributed by atoms with Crippen LogP contribution in [0.5, 0.6) is 0 Å². The zero-order chi connectivity index (χ0) is 3.58. The minimum atomic E-state index is -1.83. The first kappa shape index (κ1) is 50.3. The van der Waals surface area contributed by atoms with E-state index in [0.717, 1.165) is 0 Å². The van der Waals surface area contributed by atoms with E-state index in [0.29, 0.717) is 0 Å². The summed E-state index contributed by atoms with van der Waals surface area (Å²) < 4.78 is 0. The van der Waals surface area contributed by atoms with Crippen molar-refractivity contribution in [3.8, 4) is 0 Å². The van der Waals surface area contributed by atoms with E-state index in [-0.39, 0.29) is 287 Å². The first-order chi connectivity index (χ1) is 1.73. The largest absolute Gasteiger partial charge is 0 e. The van der Waals surface area contributed by atoms with Gasteiger partial charge in [0.25, 0.3) is 0 Å². The molecule has 0 spiro atoms. The van der Waals surface area contributed by atoms with Gasteiger partial charge in [-0.1, -0.05) is 0 Å². The van der Waals surface area contributed by atoms with Crippen LogP contribution in [0.15, 0.2) is 0 Å². The van der Waals surface area contributed by atoms with E-state index in [4.69, 9.17) is 15.0 Å². The Morgan fingerprint density at radius 1 is 1.18 bits per heavy atom. The Hall–Kier alpha value is 8.70. The molecule has 0 amide bonds. The van der Waals surface area contributed by atoms with Crippen molar-refractivity contribution < 1.29 is 89.5 Å².